The van der Waals surface area contributed by atoms with E-state index in [1.54, 1.807) is 18.2 Å². The van der Waals surface area contributed by atoms with E-state index in [1.165, 1.54) is 46.6 Å². The minimum atomic E-state index is -4.66. The van der Waals surface area contributed by atoms with Gasteiger partial charge in [-0.1, -0.05) is 25.1 Å². The van der Waals surface area contributed by atoms with E-state index in [9.17, 15) is 45.7 Å². The Labute approximate surface area is 425 Å². The predicted octanol–water partition coefficient (Wildman–Crippen LogP) is 9.21. The van der Waals surface area contributed by atoms with E-state index in [0.29, 0.717) is 45.8 Å². The Balaban J connectivity index is 0.000000322. The monoisotopic (exact) mass is 1180 g/mol. The highest BCUT2D eigenvalue weighted by atomic mass is 79.9. The van der Waals surface area contributed by atoms with Gasteiger partial charge in [-0.3, -0.25) is 4.90 Å². The van der Waals surface area contributed by atoms with Crippen LogP contribution >= 0.6 is 116 Å². The van der Waals surface area contributed by atoms with Gasteiger partial charge in [0.25, 0.3) is 0 Å². The van der Waals surface area contributed by atoms with Gasteiger partial charge < -0.3 is 45.9 Å². The Hall–Kier alpha value is 0.000000000000000389. The number of esters is 1. The summed E-state index contributed by atoms with van der Waals surface area (Å²) in [5.74, 6) is -0.209. The standard InChI is InChI=1S/C19H22NO4S2.C15H21NO2.C2Cl2F4.CCl3F.CCl2F2.BrH.ClH/c1-20(2)12-9-11(10-13(20)17-16(12)24-17)23-18(21)19(22,14-5-3-7-25-14)15-6-4-8-26-15;1-2-7-16-8-9-18-15-13-10-12(17)5-3-11(13)4-6-14(15)16;3-1(5,6)2(4,7)8;2*2-1(3,4)5;;/h3-8,11-13,16-17,22H,9-10H2,1-2H3;3,5,10,14-15,17H,2,4,6-9H2,1H3;;;;2*1H/q+1;;;;;;/p-1/t11-,12-,13+,16-,17+;14-,15-;;;;;/m.1...../s1. The fourth-order valence-corrected chi connectivity index (χ4v) is 9.88. The van der Waals surface area contributed by atoms with Crippen molar-refractivity contribution >= 4 is 122 Å². The summed E-state index contributed by atoms with van der Waals surface area (Å²) in [5, 5.41) is 15.5. The Kier molecular flexibility index (Phi) is 22.7. The summed E-state index contributed by atoms with van der Waals surface area (Å²) in [7, 11) is 4.49. The molecule has 64 heavy (non-hydrogen) atoms. The van der Waals surface area contributed by atoms with Gasteiger partial charge in [0.2, 0.25) is 5.60 Å². The summed E-state index contributed by atoms with van der Waals surface area (Å²) in [6.07, 6.45) is 5.66. The van der Waals surface area contributed by atoms with Crippen LogP contribution < -0.4 is 17.0 Å². The van der Waals surface area contributed by atoms with E-state index >= 15 is 0 Å². The van der Waals surface area contributed by atoms with Crippen LogP contribution in [0, 0.1) is 0 Å². The zero-order valence-corrected chi connectivity index (χ0v) is 43.0. The van der Waals surface area contributed by atoms with Gasteiger partial charge in [0.15, 0.2) is 0 Å². The number of morpholine rings is 2. The maximum atomic E-state index is 13.1. The molecule has 0 saturated carbocycles. The molecule has 3 aromatic rings. The first-order chi connectivity index (χ1) is 28.5. The largest absolute Gasteiger partial charge is 1.00 e. The summed E-state index contributed by atoms with van der Waals surface area (Å²) < 4.78 is 92.6. The molecule has 4 aliphatic heterocycles. The highest BCUT2D eigenvalue weighted by Crippen LogP contribution is 2.52. The normalized spacial score (nSPS) is 25.4. The summed E-state index contributed by atoms with van der Waals surface area (Å²) in [4.78, 5) is 13.3. The number of piperidine rings is 1. The molecular weight excluding hydrogens is 1140 g/mol. The number of nitrogens with zero attached hydrogens (tertiary/aromatic N) is 2. The van der Waals surface area contributed by atoms with E-state index in [4.69, 9.17) is 14.2 Å². The number of carbonyl (C=O) groups is 1. The summed E-state index contributed by atoms with van der Waals surface area (Å²) >= 11 is 31.4. The van der Waals surface area contributed by atoms with E-state index in [0.717, 1.165) is 43.4 Å². The van der Waals surface area contributed by atoms with Crippen molar-refractivity contribution in [1.82, 2.24) is 4.90 Å². The molecule has 366 valence electrons. The van der Waals surface area contributed by atoms with Crippen LogP contribution in [-0.4, -0.2) is 115 Å². The SMILES string of the molecule is CCCN1CCO[C@@H]2c3cc(O)ccc3CC[C@H]21.C[N+]1(C)[C@@H]2C[C@@H](OC(=O)C(O)(c3cccs3)c3cccs3)C[C@H]1[C@@H]1O[C@@H]12.Cl.FC(Cl)(Cl)Cl.FC(F)(Cl)C(F)(F)Cl.FC(F)(Cl)Cl.[Br-]. The van der Waals surface area contributed by atoms with Crippen molar-refractivity contribution in [1.29, 1.82) is 0 Å². The van der Waals surface area contributed by atoms with Crippen LogP contribution in [-0.2, 0) is 31.0 Å². The third kappa shape index (κ3) is 16.6. The molecule has 1 aromatic carbocycles. The number of quaternary nitrogens is 1. The summed E-state index contributed by atoms with van der Waals surface area (Å²) in [6.45, 7) is 5.23. The number of epoxide rings is 1. The molecule has 5 aliphatic rings. The number of benzene rings is 1. The fraction of sp³-hybridized carbons (Fsp3) is 0.605. The number of aryl methyl sites for hydroxylation is 1. The zero-order chi connectivity index (χ0) is 46.6. The van der Waals surface area contributed by atoms with Crippen LogP contribution in [0.25, 0.3) is 0 Å². The number of hydrogen-bond acceptors (Lipinski definition) is 9. The van der Waals surface area contributed by atoms with Crippen LogP contribution in [0.5, 0.6) is 5.75 Å². The molecule has 0 unspecified atom stereocenters. The molecule has 1 aliphatic carbocycles. The van der Waals surface area contributed by atoms with Gasteiger partial charge in [0.1, 0.15) is 36.1 Å². The first kappa shape index (κ1) is 60.1. The molecule has 7 atom stereocenters. The number of likely N-dealkylation sites (N-methyl/N-ethyl adjacent to an activating group) is 1. The Bertz CT molecular complexity index is 1810. The molecule has 2 bridgehead atoms. The lowest BCUT2D eigenvalue weighted by atomic mass is 9.84. The van der Waals surface area contributed by atoms with Gasteiger partial charge in [-0.25, -0.2) is 4.79 Å². The van der Waals surface area contributed by atoms with E-state index in [2.05, 4.69) is 107 Å². The van der Waals surface area contributed by atoms with Gasteiger partial charge >= 0.3 is 25.6 Å². The maximum absolute atomic E-state index is 13.1. The van der Waals surface area contributed by atoms with Crippen LogP contribution in [0.4, 0.5) is 30.7 Å². The van der Waals surface area contributed by atoms with Crippen molar-refractivity contribution < 1.29 is 81.4 Å². The van der Waals surface area contributed by atoms with Gasteiger partial charge in [-0.05, 0) is 153 Å². The molecule has 0 spiro atoms. The highest BCUT2D eigenvalue weighted by Gasteiger charge is 2.71. The molecule has 26 heteroatoms. The lowest BCUT2D eigenvalue weighted by Gasteiger charge is -2.45. The molecule has 2 aromatic heterocycles. The van der Waals surface area contributed by atoms with Crippen molar-refractivity contribution in [2.45, 2.75) is 107 Å². The lowest BCUT2D eigenvalue weighted by Crippen LogP contribution is -3.00. The first-order valence-electron chi connectivity index (χ1n) is 18.8. The molecular formula is C38H44BrCl8F7N2O6S2. The number of rotatable bonds is 7. The van der Waals surface area contributed by atoms with Crippen LogP contribution in [0.1, 0.15) is 59.6 Å². The van der Waals surface area contributed by atoms with Gasteiger partial charge in [-0.2, -0.15) is 30.7 Å². The van der Waals surface area contributed by atoms with Crippen LogP contribution in [0.3, 0.4) is 0 Å². The molecule has 6 heterocycles. The average Bonchev–Trinajstić information content (AvgIpc) is 3.43. The number of aromatic hydroxyl groups is 1. The molecule has 2 N–H and O–H groups in total. The number of thiophene rings is 2. The minimum absolute atomic E-state index is 0. The summed E-state index contributed by atoms with van der Waals surface area (Å²) in [6, 6.07) is 14.2. The van der Waals surface area contributed by atoms with Crippen LogP contribution in [0.15, 0.2) is 53.2 Å². The lowest BCUT2D eigenvalue weighted by molar-refractivity contribution is -0.938. The second kappa shape index (κ2) is 24.2. The topological polar surface area (TPSA) is 91.8 Å². The van der Waals surface area contributed by atoms with E-state index in [-0.39, 0.29) is 41.6 Å². The summed E-state index contributed by atoms with van der Waals surface area (Å²) in [5.41, 5.74) is 0.822. The number of halogens is 16. The third-order valence-electron chi connectivity index (χ3n) is 10.8. The first-order valence-corrected chi connectivity index (χ1v) is 23.2. The second-order valence-corrected chi connectivity index (χ2v) is 21.3. The van der Waals surface area contributed by atoms with Gasteiger partial charge in [-0.15, -0.1) is 35.1 Å². The predicted molar refractivity (Wildman–Crippen MR) is 237 cm³/mol. The number of carbonyl (C=O) groups excluding carboxylic acids is 1. The number of fused-ring (bicyclic) bond motifs is 8. The van der Waals surface area contributed by atoms with Crippen molar-refractivity contribution in [3.63, 3.8) is 0 Å². The smallest absolute Gasteiger partial charge is 0.401 e. The quantitative estimate of drug-likeness (QED) is 0.0803. The third-order valence-corrected chi connectivity index (χ3v) is 13.4. The van der Waals surface area contributed by atoms with Gasteiger partial charge in [0.05, 0.1) is 36.6 Å². The fourth-order valence-electron chi connectivity index (χ4n) is 8.17. The molecule has 4 saturated heterocycles. The van der Waals surface area contributed by atoms with E-state index < -0.39 is 31.2 Å². The van der Waals surface area contributed by atoms with E-state index in [1.807, 2.05) is 35.0 Å². The molecule has 8 rings (SSSR count). The van der Waals surface area contributed by atoms with Crippen LogP contribution in [0.2, 0.25) is 0 Å². The van der Waals surface area contributed by atoms with Crippen molar-refractivity contribution in [3.8, 4) is 5.75 Å². The second-order valence-electron chi connectivity index (χ2n) is 15.2. The van der Waals surface area contributed by atoms with Gasteiger partial charge in [0, 0.05) is 25.4 Å². The van der Waals surface area contributed by atoms with Crippen molar-refractivity contribution in [3.05, 3.63) is 74.1 Å². The molecule has 8 nitrogen and oxygen atoms in total. The Morgan fingerprint density at radius 1 is 0.891 bits per heavy atom. The molecule has 4 fully saturated rings. The number of hydrogen-bond donors (Lipinski definition) is 2. The Morgan fingerprint density at radius 3 is 1.80 bits per heavy atom. The molecule has 0 radical (unpaired) electrons. The number of phenols is 1. The number of alkyl halides is 14. The average molecular weight is 1190 g/mol. The minimum Gasteiger partial charge on any atom is -1.00 e. The molecule has 0 amide bonds. The number of aliphatic hydroxyl groups is 1. The Morgan fingerprint density at radius 2 is 1.38 bits per heavy atom. The zero-order valence-electron chi connectivity index (χ0n) is 33.7. The van der Waals surface area contributed by atoms with Crippen molar-refractivity contribution in [2.24, 2.45) is 0 Å². The number of ether oxygens (including phenoxy) is 3. The maximum Gasteiger partial charge on any atom is 0.401 e. The highest BCUT2D eigenvalue weighted by molar-refractivity contribution is 7.12. The van der Waals surface area contributed by atoms with Crippen molar-refractivity contribution in [2.75, 3.05) is 33.8 Å². The number of phenolic OH excluding ortho intramolecular Hbond substituents is 1.